The molecule has 9 nitrogen and oxygen atoms in total. The van der Waals surface area contributed by atoms with Gasteiger partial charge in [-0.3, -0.25) is 4.79 Å². The van der Waals surface area contributed by atoms with Crippen molar-refractivity contribution in [2.75, 3.05) is 38.3 Å². The van der Waals surface area contributed by atoms with Crippen LogP contribution in [0.1, 0.15) is 16.1 Å². The standard InChI is InChI=1S/C20H21F2N5O4S/c1-29-7-16-13-8-32-19(23)27-20(13,9-30-16)12-4-11(2-3-14(12)22)26-18(28)15-5-25-17(6-24-15)31-10-21/h2-6,13,16H,7-10H2,1H3,(H2,23,27)(H,26,28)/t13-,16-,20-/m1/s1. The van der Waals surface area contributed by atoms with Crippen LogP contribution < -0.4 is 15.8 Å². The zero-order valence-electron chi connectivity index (χ0n) is 17.1. The molecule has 0 spiro atoms. The van der Waals surface area contributed by atoms with E-state index in [1.807, 2.05) is 0 Å². The van der Waals surface area contributed by atoms with Gasteiger partial charge in [0.05, 0.1) is 31.7 Å². The van der Waals surface area contributed by atoms with E-state index in [-0.39, 0.29) is 35.8 Å². The van der Waals surface area contributed by atoms with E-state index in [4.69, 9.17) is 15.2 Å². The van der Waals surface area contributed by atoms with Crippen molar-refractivity contribution in [1.82, 2.24) is 9.97 Å². The summed E-state index contributed by atoms with van der Waals surface area (Å²) >= 11 is 1.39. The van der Waals surface area contributed by atoms with E-state index in [2.05, 4.69) is 25.0 Å². The number of carbonyl (C=O) groups excluding carboxylic acids is 1. The first kappa shape index (κ1) is 22.4. The number of amidine groups is 1. The lowest BCUT2D eigenvalue weighted by Gasteiger charge is -2.36. The Balaban J connectivity index is 1.62. The van der Waals surface area contributed by atoms with Crippen molar-refractivity contribution in [1.29, 1.82) is 0 Å². The van der Waals surface area contributed by atoms with Crippen LogP contribution in [0.25, 0.3) is 0 Å². The third kappa shape index (κ3) is 4.25. The summed E-state index contributed by atoms with van der Waals surface area (Å²) in [6.45, 7) is -0.564. The van der Waals surface area contributed by atoms with Crippen LogP contribution in [0.5, 0.6) is 5.88 Å². The lowest BCUT2D eigenvalue weighted by atomic mass is 9.78. The summed E-state index contributed by atoms with van der Waals surface area (Å²) in [5.74, 6) is -0.657. The molecule has 3 heterocycles. The third-order valence-electron chi connectivity index (χ3n) is 5.38. The molecule has 0 unspecified atom stereocenters. The van der Waals surface area contributed by atoms with Crippen LogP contribution in [0.2, 0.25) is 0 Å². The first-order valence-electron chi connectivity index (χ1n) is 9.67. The molecule has 2 aliphatic rings. The number of halogens is 2. The average molecular weight is 465 g/mol. The summed E-state index contributed by atoms with van der Waals surface area (Å²) in [4.78, 5) is 24.9. The molecule has 2 aromatic rings. The van der Waals surface area contributed by atoms with Crippen LogP contribution in [0.15, 0.2) is 35.6 Å². The Morgan fingerprint density at radius 2 is 2.25 bits per heavy atom. The van der Waals surface area contributed by atoms with E-state index in [0.717, 1.165) is 12.4 Å². The topological polar surface area (TPSA) is 121 Å². The number of benzene rings is 1. The molecule has 0 saturated carbocycles. The number of nitrogens with two attached hydrogens (primary N) is 1. The van der Waals surface area contributed by atoms with Gasteiger partial charge in [0.1, 0.15) is 17.1 Å². The molecule has 12 heteroatoms. The molecule has 0 bridgehead atoms. The number of aromatic nitrogens is 2. The number of ether oxygens (including phenoxy) is 3. The number of rotatable bonds is 7. The first-order valence-corrected chi connectivity index (χ1v) is 10.7. The number of hydrogen-bond acceptors (Lipinski definition) is 9. The van der Waals surface area contributed by atoms with Crippen molar-refractivity contribution in [3.8, 4) is 5.88 Å². The Morgan fingerprint density at radius 3 is 2.97 bits per heavy atom. The highest BCUT2D eigenvalue weighted by Crippen LogP contribution is 2.48. The SMILES string of the molecule is COC[C@H]1OC[C@]2(c3cc(NC(=O)c4cnc(OCF)cn4)ccc3F)N=C(N)SC[C@H]12. The normalized spacial score (nSPS) is 24.5. The molecule has 3 N–H and O–H groups in total. The summed E-state index contributed by atoms with van der Waals surface area (Å²) in [5.41, 5.74) is 5.58. The van der Waals surface area contributed by atoms with E-state index in [0.29, 0.717) is 23.2 Å². The van der Waals surface area contributed by atoms with Gasteiger partial charge in [-0.15, -0.1) is 0 Å². The second kappa shape index (κ2) is 9.35. The van der Waals surface area contributed by atoms with Crippen molar-refractivity contribution in [3.63, 3.8) is 0 Å². The Morgan fingerprint density at radius 1 is 1.41 bits per heavy atom. The maximum atomic E-state index is 15.0. The van der Waals surface area contributed by atoms with Crippen LogP contribution in [-0.4, -0.2) is 60.1 Å². The van der Waals surface area contributed by atoms with E-state index < -0.39 is 24.1 Å². The third-order valence-corrected chi connectivity index (χ3v) is 6.30. The minimum Gasteiger partial charge on any atom is -0.445 e. The average Bonchev–Trinajstić information content (AvgIpc) is 3.14. The predicted octanol–water partition coefficient (Wildman–Crippen LogP) is 2.09. The maximum absolute atomic E-state index is 15.0. The van der Waals surface area contributed by atoms with Gasteiger partial charge in [-0.25, -0.2) is 23.7 Å². The molecule has 1 amide bonds. The van der Waals surface area contributed by atoms with Crippen LogP contribution in [0.3, 0.4) is 0 Å². The number of nitrogens with zero attached hydrogens (tertiary/aromatic N) is 3. The molecule has 0 aliphatic carbocycles. The minimum absolute atomic E-state index is 0.0150. The van der Waals surface area contributed by atoms with E-state index >= 15 is 4.39 Å². The van der Waals surface area contributed by atoms with Gasteiger partial charge in [0, 0.05) is 30.0 Å². The van der Waals surface area contributed by atoms with Crippen molar-refractivity contribution >= 4 is 28.5 Å². The molecular weight excluding hydrogens is 444 g/mol. The van der Waals surface area contributed by atoms with Crippen molar-refractivity contribution < 1.29 is 27.8 Å². The van der Waals surface area contributed by atoms with Crippen LogP contribution in [0.4, 0.5) is 14.5 Å². The van der Waals surface area contributed by atoms with Gasteiger partial charge in [0.25, 0.3) is 5.91 Å². The molecule has 1 aromatic heterocycles. The zero-order chi connectivity index (χ0) is 22.7. The monoisotopic (exact) mass is 465 g/mol. The summed E-state index contributed by atoms with van der Waals surface area (Å²) in [6, 6.07) is 4.22. The molecule has 1 aromatic carbocycles. The molecule has 170 valence electrons. The van der Waals surface area contributed by atoms with Gasteiger partial charge in [0.15, 0.2) is 5.17 Å². The lowest BCUT2D eigenvalue weighted by molar-refractivity contribution is 0.0240. The van der Waals surface area contributed by atoms with E-state index in [1.54, 1.807) is 7.11 Å². The van der Waals surface area contributed by atoms with Gasteiger partial charge >= 0.3 is 0 Å². The Bertz CT molecular complexity index is 1030. The highest BCUT2D eigenvalue weighted by Gasteiger charge is 2.54. The number of nitrogens with one attached hydrogen (secondary N) is 1. The zero-order valence-corrected chi connectivity index (χ0v) is 17.9. The molecule has 0 radical (unpaired) electrons. The molecule has 32 heavy (non-hydrogen) atoms. The highest BCUT2D eigenvalue weighted by molar-refractivity contribution is 8.13. The number of anilines is 1. The number of thioether (sulfide) groups is 1. The number of amides is 1. The van der Waals surface area contributed by atoms with Gasteiger partial charge in [0.2, 0.25) is 12.7 Å². The summed E-state index contributed by atoms with van der Waals surface area (Å²) < 4.78 is 43.0. The number of carbonyl (C=O) groups is 1. The largest absolute Gasteiger partial charge is 0.445 e. The number of fused-ring (bicyclic) bond motifs is 1. The summed E-state index contributed by atoms with van der Waals surface area (Å²) in [5, 5.41) is 3.02. The Hall–Kier alpha value is -2.83. The van der Waals surface area contributed by atoms with Gasteiger partial charge in [-0.05, 0) is 18.2 Å². The van der Waals surface area contributed by atoms with Crippen molar-refractivity contribution in [2.24, 2.45) is 16.6 Å². The van der Waals surface area contributed by atoms with Crippen LogP contribution >= 0.6 is 11.8 Å². The number of alkyl halides is 1. The molecule has 3 atom stereocenters. The second-order valence-electron chi connectivity index (χ2n) is 7.24. The lowest BCUT2D eigenvalue weighted by Crippen LogP contribution is -2.43. The van der Waals surface area contributed by atoms with Crippen molar-refractivity contribution in [2.45, 2.75) is 11.6 Å². The maximum Gasteiger partial charge on any atom is 0.275 e. The van der Waals surface area contributed by atoms with Gasteiger partial charge in [-0.1, -0.05) is 11.8 Å². The summed E-state index contributed by atoms with van der Waals surface area (Å²) in [6.07, 6.45) is 2.03. The molecule has 1 saturated heterocycles. The van der Waals surface area contributed by atoms with Crippen molar-refractivity contribution in [3.05, 3.63) is 47.7 Å². The van der Waals surface area contributed by atoms with E-state index in [9.17, 15) is 9.18 Å². The smallest absolute Gasteiger partial charge is 0.275 e. The fourth-order valence-electron chi connectivity index (χ4n) is 3.89. The van der Waals surface area contributed by atoms with Gasteiger partial charge in [-0.2, -0.15) is 0 Å². The minimum atomic E-state index is -1.05. The fourth-order valence-corrected chi connectivity index (χ4v) is 4.96. The second-order valence-corrected chi connectivity index (χ2v) is 8.28. The fraction of sp³-hybridized carbons (Fsp3) is 0.400. The number of methoxy groups -OCH3 is 1. The number of hydrogen-bond donors (Lipinski definition) is 2. The Labute approximate surface area is 186 Å². The molecule has 2 aliphatic heterocycles. The number of aliphatic imine (C=N–C) groups is 1. The Kier molecular flexibility index (Phi) is 6.53. The van der Waals surface area contributed by atoms with E-state index in [1.165, 1.54) is 30.0 Å². The van der Waals surface area contributed by atoms with Crippen LogP contribution in [-0.2, 0) is 15.0 Å². The first-order chi connectivity index (χ1) is 15.5. The molecule has 1 fully saturated rings. The summed E-state index contributed by atoms with van der Waals surface area (Å²) in [7, 11) is 1.58. The van der Waals surface area contributed by atoms with Crippen LogP contribution in [0, 0.1) is 11.7 Å². The molecular formula is C20H21F2N5O4S. The van der Waals surface area contributed by atoms with Gasteiger partial charge < -0.3 is 25.3 Å². The highest BCUT2D eigenvalue weighted by atomic mass is 32.2. The quantitative estimate of drug-likeness (QED) is 0.638. The predicted molar refractivity (Wildman–Crippen MR) is 114 cm³/mol. The molecule has 4 rings (SSSR count).